The van der Waals surface area contributed by atoms with Crippen LogP contribution in [0.1, 0.15) is 12.8 Å². The monoisotopic (exact) mass is 314 g/mol. The molecule has 0 aliphatic carbocycles. The summed E-state index contributed by atoms with van der Waals surface area (Å²) in [7, 11) is -2.91. The lowest BCUT2D eigenvalue weighted by atomic mass is 10.2. The Hall–Kier alpha value is -1.67. The smallest absolute Gasteiger partial charge is 0.269 e. The molecule has 0 saturated carbocycles. The maximum absolute atomic E-state index is 11.6. The maximum atomic E-state index is 11.6. The Morgan fingerprint density at radius 2 is 2.05 bits per heavy atom. The molecule has 0 spiro atoms. The maximum Gasteiger partial charge on any atom is 0.269 e. The van der Waals surface area contributed by atoms with Gasteiger partial charge in [-0.15, -0.1) is 0 Å². The SMILES string of the molecule is O=[N+]([O-])c1ccc(OCCNCC2CCCS2(=O)=O)cc1. The van der Waals surface area contributed by atoms with E-state index in [1.807, 2.05) is 0 Å². The lowest BCUT2D eigenvalue weighted by molar-refractivity contribution is -0.384. The van der Waals surface area contributed by atoms with Gasteiger partial charge in [-0.3, -0.25) is 10.1 Å². The quantitative estimate of drug-likeness (QED) is 0.460. The number of hydrogen-bond donors (Lipinski definition) is 1. The van der Waals surface area contributed by atoms with Gasteiger partial charge in [-0.05, 0) is 25.0 Å². The molecule has 1 N–H and O–H groups in total. The van der Waals surface area contributed by atoms with Crippen molar-refractivity contribution in [3.05, 3.63) is 34.4 Å². The molecule has 1 unspecified atom stereocenters. The number of nitro groups is 1. The summed E-state index contributed by atoms with van der Waals surface area (Å²) in [5.41, 5.74) is 0.0203. The second kappa shape index (κ2) is 6.86. The molecule has 1 aromatic rings. The zero-order valence-electron chi connectivity index (χ0n) is 11.5. The Kier molecular flexibility index (Phi) is 5.13. The van der Waals surface area contributed by atoms with Crippen molar-refractivity contribution < 1.29 is 18.1 Å². The first kappa shape index (κ1) is 15.7. The van der Waals surface area contributed by atoms with E-state index in [-0.39, 0.29) is 10.9 Å². The summed E-state index contributed by atoms with van der Waals surface area (Å²) in [6.07, 6.45) is 1.46. The van der Waals surface area contributed by atoms with E-state index in [1.54, 1.807) is 12.1 Å². The molecule has 116 valence electrons. The van der Waals surface area contributed by atoms with Gasteiger partial charge in [-0.1, -0.05) is 0 Å². The van der Waals surface area contributed by atoms with Gasteiger partial charge in [0.2, 0.25) is 0 Å². The Morgan fingerprint density at radius 3 is 2.62 bits per heavy atom. The standard InChI is InChI=1S/C13H18N2O5S/c16-15(17)11-3-5-12(6-4-11)20-8-7-14-10-13-2-1-9-21(13,18)19/h3-6,13-14H,1-2,7-10H2. The van der Waals surface area contributed by atoms with Crippen LogP contribution in [0, 0.1) is 10.1 Å². The first-order chi connectivity index (χ1) is 9.99. The van der Waals surface area contributed by atoms with Crippen molar-refractivity contribution in [1.82, 2.24) is 5.32 Å². The van der Waals surface area contributed by atoms with Crippen LogP contribution in [0.15, 0.2) is 24.3 Å². The third kappa shape index (κ3) is 4.40. The summed E-state index contributed by atoms with van der Waals surface area (Å²) in [6.45, 7) is 1.36. The molecule has 1 aliphatic heterocycles. The fourth-order valence-electron chi connectivity index (χ4n) is 2.26. The number of benzene rings is 1. The van der Waals surface area contributed by atoms with E-state index in [0.29, 0.717) is 31.2 Å². The van der Waals surface area contributed by atoms with Crippen LogP contribution in [0.4, 0.5) is 5.69 Å². The summed E-state index contributed by atoms with van der Waals surface area (Å²) >= 11 is 0. The van der Waals surface area contributed by atoms with Gasteiger partial charge >= 0.3 is 0 Å². The highest BCUT2D eigenvalue weighted by Gasteiger charge is 2.30. The molecule has 1 heterocycles. The van der Waals surface area contributed by atoms with E-state index in [9.17, 15) is 18.5 Å². The van der Waals surface area contributed by atoms with Crippen LogP contribution in [-0.2, 0) is 9.84 Å². The van der Waals surface area contributed by atoms with Crippen LogP contribution in [-0.4, -0.2) is 44.0 Å². The van der Waals surface area contributed by atoms with Crippen molar-refractivity contribution in [1.29, 1.82) is 0 Å². The van der Waals surface area contributed by atoms with E-state index in [1.165, 1.54) is 12.1 Å². The van der Waals surface area contributed by atoms with E-state index in [2.05, 4.69) is 5.32 Å². The first-order valence-corrected chi connectivity index (χ1v) is 8.50. The van der Waals surface area contributed by atoms with Gasteiger partial charge in [-0.25, -0.2) is 8.42 Å². The minimum atomic E-state index is -2.91. The zero-order valence-corrected chi connectivity index (χ0v) is 12.3. The minimum absolute atomic E-state index is 0.0203. The number of rotatable bonds is 7. The predicted octanol–water partition coefficient (Wildman–Crippen LogP) is 1.14. The van der Waals surface area contributed by atoms with Crippen molar-refractivity contribution in [3.63, 3.8) is 0 Å². The van der Waals surface area contributed by atoms with E-state index < -0.39 is 14.8 Å². The van der Waals surface area contributed by atoms with Crippen LogP contribution in [0.3, 0.4) is 0 Å². The fourth-order valence-corrected chi connectivity index (χ4v) is 4.06. The highest BCUT2D eigenvalue weighted by molar-refractivity contribution is 7.92. The molecular weight excluding hydrogens is 296 g/mol. The number of hydrogen-bond acceptors (Lipinski definition) is 6. The Morgan fingerprint density at radius 1 is 1.33 bits per heavy atom. The summed E-state index contributed by atoms with van der Waals surface area (Å²) in [6, 6.07) is 5.85. The molecule has 1 saturated heterocycles. The van der Waals surface area contributed by atoms with E-state index in [4.69, 9.17) is 4.74 Å². The summed E-state index contributed by atoms with van der Waals surface area (Å²) < 4.78 is 28.6. The molecule has 2 rings (SSSR count). The van der Waals surface area contributed by atoms with E-state index >= 15 is 0 Å². The van der Waals surface area contributed by atoms with Crippen molar-refractivity contribution in [3.8, 4) is 5.75 Å². The average Bonchev–Trinajstić information content (AvgIpc) is 2.78. The minimum Gasteiger partial charge on any atom is -0.492 e. The van der Waals surface area contributed by atoms with Gasteiger partial charge in [0.15, 0.2) is 9.84 Å². The molecule has 1 atom stereocenters. The van der Waals surface area contributed by atoms with Gasteiger partial charge in [0, 0.05) is 25.2 Å². The molecule has 0 bridgehead atoms. The van der Waals surface area contributed by atoms with Crippen molar-refractivity contribution in [2.24, 2.45) is 0 Å². The second-order valence-electron chi connectivity index (χ2n) is 4.93. The van der Waals surface area contributed by atoms with Gasteiger partial charge in [0.05, 0.1) is 15.9 Å². The van der Waals surface area contributed by atoms with Crippen LogP contribution >= 0.6 is 0 Å². The summed E-state index contributed by atoms with van der Waals surface area (Å²) in [5, 5.41) is 13.3. The fraction of sp³-hybridized carbons (Fsp3) is 0.538. The van der Waals surface area contributed by atoms with Crippen LogP contribution in [0.25, 0.3) is 0 Å². The lowest BCUT2D eigenvalue weighted by Crippen LogP contribution is -2.32. The summed E-state index contributed by atoms with van der Waals surface area (Å²) in [4.78, 5) is 10.0. The second-order valence-corrected chi connectivity index (χ2v) is 7.34. The molecule has 1 aromatic carbocycles. The van der Waals surface area contributed by atoms with Gasteiger partial charge in [-0.2, -0.15) is 0 Å². The number of nitrogens with zero attached hydrogens (tertiary/aromatic N) is 1. The molecule has 0 radical (unpaired) electrons. The molecule has 8 heteroatoms. The highest BCUT2D eigenvalue weighted by Crippen LogP contribution is 2.19. The number of ether oxygens (including phenoxy) is 1. The lowest BCUT2D eigenvalue weighted by Gasteiger charge is -2.11. The number of non-ortho nitro benzene ring substituents is 1. The Labute approximate surface area is 123 Å². The Bertz CT molecular complexity index is 585. The number of nitro benzene ring substituents is 1. The molecule has 7 nitrogen and oxygen atoms in total. The Balaban J connectivity index is 1.67. The van der Waals surface area contributed by atoms with Gasteiger partial charge < -0.3 is 10.1 Å². The molecule has 1 aliphatic rings. The molecule has 21 heavy (non-hydrogen) atoms. The van der Waals surface area contributed by atoms with Crippen LogP contribution in [0.2, 0.25) is 0 Å². The van der Waals surface area contributed by atoms with E-state index in [0.717, 1.165) is 12.8 Å². The first-order valence-electron chi connectivity index (χ1n) is 6.78. The topological polar surface area (TPSA) is 98.5 Å². The van der Waals surface area contributed by atoms with Crippen LogP contribution in [0.5, 0.6) is 5.75 Å². The number of sulfone groups is 1. The van der Waals surface area contributed by atoms with Crippen molar-refractivity contribution in [2.45, 2.75) is 18.1 Å². The molecule has 1 fully saturated rings. The van der Waals surface area contributed by atoms with Crippen molar-refractivity contribution >= 4 is 15.5 Å². The number of nitrogens with one attached hydrogen (secondary N) is 1. The van der Waals surface area contributed by atoms with Gasteiger partial charge in [0.1, 0.15) is 12.4 Å². The molecule has 0 amide bonds. The molecular formula is C13H18N2O5S. The van der Waals surface area contributed by atoms with Gasteiger partial charge in [0.25, 0.3) is 5.69 Å². The third-order valence-corrected chi connectivity index (χ3v) is 5.71. The normalized spacial score (nSPS) is 20.3. The van der Waals surface area contributed by atoms with Crippen LogP contribution < -0.4 is 10.1 Å². The zero-order chi connectivity index (χ0) is 15.3. The predicted molar refractivity (Wildman–Crippen MR) is 78.3 cm³/mol. The highest BCUT2D eigenvalue weighted by atomic mass is 32.2. The average molecular weight is 314 g/mol. The largest absolute Gasteiger partial charge is 0.492 e. The molecule has 0 aromatic heterocycles. The summed E-state index contributed by atoms with van der Waals surface area (Å²) in [5.74, 6) is 0.842. The third-order valence-electron chi connectivity index (χ3n) is 3.43. The van der Waals surface area contributed by atoms with Crippen molar-refractivity contribution in [2.75, 3.05) is 25.4 Å².